The van der Waals surface area contributed by atoms with Crippen LogP contribution < -0.4 is 10.1 Å². The van der Waals surface area contributed by atoms with Crippen molar-refractivity contribution in [2.75, 3.05) is 13.1 Å². The number of piperidine rings is 1. The highest BCUT2D eigenvalue weighted by molar-refractivity contribution is 5.01. The van der Waals surface area contributed by atoms with Crippen molar-refractivity contribution in [2.45, 2.75) is 18.9 Å². The van der Waals surface area contributed by atoms with Crippen molar-refractivity contribution >= 4 is 0 Å². The summed E-state index contributed by atoms with van der Waals surface area (Å²) in [5.41, 5.74) is 0. The first-order valence-electron chi connectivity index (χ1n) is 4.69. The molecule has 0 unspecified atom stereocenters. The summed E-state index contributed by atoms with van der Waals surface area (Å²) in [7, 11) is 0. The zero-order chi connectivity index (χ0) is 8.93. The van der Waals surface area contributed by atoms with Gasteiger partial charge in [-0.15, -0.1) is 0 Å². The van der Waals surface area contributed by atoms with E-state index >= 15 is 0 Å². The lowest BCUT2D eigenvalue weighted by Gasteiger charge is -2.20. The molecule has 0 bridgehead atoms. The summed E-state index contributed by atoms with van der Waals surface area (Å²) < 4.78 is 5.66. The van der Waals surface area contributed by atoms with Gasteiger partial charge in [-0.3, -0.25) is 4.98 Å². The number of quaternary nitrogens is 1. The number of nitrogens with zero attached hydrogens (tertiary/aromatic N) is 2. The Morgan fingerprint density at radius 3 is 2.85 bits per heavy atom. The number of nitrogens with two attached hydrogens (primary N) is 1. The third-order valence-electron chi connectivity index (χ3n) is 2.21. The average molecular weight is 180 g/mol. The first-order valence-corrected chi connectivity index (χ1v) is 4.69. The molecule has 2 heterocycles. The number of rotatable bonds is 2. The van der Waals surface area contributed by atoms with Gasteiger partial charge in [0.15, 0.2) is 0 Å². The van der Waals surface area contributed by atoms with E-state index in [1.807, 2.05) is 0 Å². The topological polar surface area (TPSA) is 51.6 Å². The lowest BCUT2D eigenvalue weighted by atomic mass is 10.1. The Bertz CT molecular complexity index is 246. The minimum atomic E-state index is 0.335. The molecule has 1 aromatic rings. The van der Waals surface area contributed by atoms with E-state index in [1.165, 1.54) is 0 Å². The fraction of sp³-hybridized carbons (Fsp3) is 0.556. The molecule has 1 aromatic heterocycles. The Kier molecular flexibility index (Phi) is 2.72. The van der Waals surface area contributed by atoms with Gasteiger partial charge < -0.3 is 10.1 Å². The maximum atomic E-state index is 5.66. The Morgan fingerprint density at radius 2 is 2.15 bits per heavy atom. The van der Waals surface area contributed by atoms with Gasteiger partial charge in [-0.25, -0.2) is 4.98 Å². The summed E-state index contributed by atoms with van der Waals surface area (Å²) in [5, 5.41) is 2.32. The fourth-order valence-corrected chi connectivity index (χ4v) is 1.53. The zero-order valence-electron chi connectivity index (χ0n) is 7.52. The predicted molar refractivity (Wildman–Crippen MR) is 47.3 cm³/mol. The highest BCUT2D eigenvalue weighted by Gasteiger charge is 2.16. The van der Waals surface area contributed by atoms with Gasteiger partial charge in [0.25, 0.3) is 0 Å². The molecular formula is C9H14N3O+. The normalized spacial score (nSPS) is 18.5. The smallest absolute Gasteiger partial charge is 0.232 e. The molecule has 13 heavy (non-hydrogen) atoms. The van der Waals surface area contributed by atoms with E-state index in [0.29, 0.717) is 12.0 Å². The van der Waals surface area contributed by atoms with Crippen molar-refractivity contribution in [1.82, 2.24) is 9.97 Å². The fourth-order valence-electron chi connectivity index (χ4n) is 1.53. The third kappa shape index (κ3) is 2.39. The van der Waals surface area contributed by atoms with Crippen LogP contribution in [0.3, 0.4) is 0 Å². The van der Waals surface area contributed by atoms with Crippen LogP contribution in [0.25, 0.3) is 0 Å². The van der Waals surface area contributed by atoms with Gasteiger partial charge in [0.2, 0.25) is 5.88 Å². The van der Waals surface area contributed by atoms with Crippen molar-refractivity contribution in [1.29, 1.82) is 0 Å². The SMILES string of the molecule is c1cnc(OC2CC[NH2+]CC2)cn1. The van der Waals surface area contributed by atoms with Crippen molar-refractivity contribution in [3.8, 4) is 5.88 Å². The third-order valence-corrected chi connectivity index (χ3v) is 2.21. The summed E-state index contributed by atoms with van der Waals surface area (Å²) in [6.07, 6.45) is 7.53. The molecule has 0 radical (unpaired) electrons. The quantitative estimate of drug-likeness (QED) is 0.672. The molecule has 2 rings (SSSR count). The monoisotopic (exact) mass is 180 g/mol. The molecule has 70 valence electrons. The lowest BCUT2D eigenvalue weighted by molar-refractivity contribution is -0.664. The largest absolute Gasteiger partial charge is 0.473 e. The number of hydrogen-bond acceptors (Lipinski definition) is 3. The van der Waals surface area contributed by atoms with Gasteiger partial charge in [0.05, 0.1) is 19.3 Å². The number of hydrogen-bond donors (Lipinski definition) is 1. The molecule has 0 spiro atoms. The molecule has 0 saturated carbocycles. The highest BCUT2D eigenvalue weighted by Crippen LogP contribution is 2.09. The second-order valence-corrected chi connectivity index (χ2v) is 3.23. The minimum absolute atomic E-state index is 0.335. The van der Waals surface area contributed by atoms with Gasteiger partial charge in [0, 0.05) is 25.2 Å². The molecule has 0 aromatic carbocycles. The first-order chi connectivity index (χ1) is 6.45. The number of aromatic nitrogens is 2. The second-order valence-electron chi connectivity index (χ2n) is 3.23. The van der Waals surface area contributed by atoms with Crippen LogP contribution in [0.2, 0.25) is 0 Å². The highest BCUT2D eigenvalue weighted by atomic mass is 16.5. The summed E-state index contributed by atoms with van der Waals surface area (Å²) in [6, 6.07) is 0. The zero-order valence-corrected chi connectivity index (χ0v) is 7.52. The van der Waals surface area contributed by atoms with Crippen molar-refractivity contribution in [3.63, 3.8) is 0 Å². The van der Waals surface area contributed by atoms with Crippen LogP contribution in [0.15, 0.2) is 18.6 Å². The molecule has 0 aliphatic carbocycles. The van der Waals surface area contributed by atoms with Crippen molar-refractivity contribution in [2.24, 2.45) is 0 Å². The van der Waals surface area contributed by atoms with Crippen LogP contribution in [0.5, 0.6) is 5.88 Å². The second kappa shape index (κ2) is 4.18. The molecule has 2 N–H and O–H groups in total. The molecular weight excluding hydrogens is 166 g/mol. The van der Waals surface area contributed by atoms with Gasteiger partial charge >= 0.3 is 0 Å². The molecule has 4 nitrogen and oxygen atoms in total. The minimum Gasteiger partial charge on any atom is -0.473 e. The first kappa shape index (κ1) is 8.44. The van der Waals surface area contributed by atoms with E-state index in [9.17, 15) is 0 Å². The summed E-state index contributed by atoms with van der Waals surface area (Å²) >= 11 is 0. The van der Waals surface area contributed by atoms with E-state index in [1.54, 1.807) is 18.6 Å². The standard InChI is InChI=1S/C9H13N3O/c1-3-10-4-2-8(1)13-9-7-11-5-6-12-9/h5-8,10H,1-4H2/p+1. The van der Waals surface area contributed by atoms with Crippen LogP contribution in [0, 0.1) is 0 Å². The molecule has 0 amide bonds. The van der Waals surface area contributed by atoms with Gasteiger partial charge in [-0.05, 0) is 0 Å². The Hall–Kier alpha value is -1.16. The molecule has 4 heteroatoms. The van der Waals surface area contributed by atoms with Crippen LogP contribution >= 0.6 is 0 Å². The van der Waals surface area contributed by atoms with E-state index in [2.05, 4.69) is 15.3 Å². The Morgan fingerprint density at radius 1 is 1.31 bits per heavy atom. The van der Waals surface area contributed by atoms with Crippen molar-refractivity contribution < 1.29 is 10.1 Å². The van der Waals surface area contributed by atoms with Crippen LogP contribution in [-0.2, 0) is 0 Å². The van der Waals surface area contributed by atoms with E-state index in [0.717, 1.165) is 25.9 Å². The molecule has 1 aliphatic heterocycles. The Labute approximate surface area is 77.4 Å². The maximum absolute atomic E-state index is 5.66. The molecule has 1 saturated heterocycles. The van der Waals surface area contributed by atoms with Crippen LogP contribution in [0.1, 0.15) is 12.8 Å². The summed E-state index contributed by atoms with van der Waals surface area (Å²) in [5.74, 6) is 0.648. The molecule has 1 fully saturated rings. The number of ether oxygens (including phenoxy) is 1. The maximum Gasteiger partial charge on any atom is 0.232 e. The van der Waals surface area contributed by atoms with Crippen molar-refractivity contribution in [3.05, 3.63) is 18.6 Å². The van der Waals surface area contributed by atoms with Gasteiger partial charge in [-0.1, -0.05) is 0 Å². The van der Waals surface area contributed by atoms with Gasteiger partial charge in [-0.2, -0.15) is 0 Å². The van der Waals surface area contributed by atoms with Gasteiger partial charge in [0.1, 0.15) is 6.10 Å². The van der Waals surface area contributed by atoms with Crippen LogP contribution in [0.4, 0.5) is 0 Å². The predicted octanol–water partition coefficient (Wildman–Crippen LogP) is -0.419. The lowest BCUT2D eigenvalue weighted by Crippen LogP contribution is -2.86. The molecule has 1 aliphatic rings. The summed E-state index contributed by atoms with van der Waals surface area (Å²) in [6.45, 7) is 2.32. The van der Waals surface area contributed by atoms with E-state index < -0.39 is 0 Å². The van der Waals surface area contributed by atoms with E-state index in [-0.39, 0.29) is 0 Å². The van der Waals surface area contributed by atoms with Crippen LogP contribution in [-0.4, -0.2) is 29.2 Å². The summed E-state index contributed by atoms with van der Waals surface area (Å²) in [4.78, 5) is 8.03. The Balaban J connectivity index is 1.90. The van der Waals surface area contributed by atoms with E-state index in [4.69, 9.17) is 4.74 Å². The average Bonchev–Trinajstić information content (AvgIpc) is 2.21. The molecule has 0 atom stereocenters.